The first-order valence-electron chi connectivity index (χ1n) is 4.28. The first-order valence-corrected chi connectivity index (χ1v) is 5.45. The standard InChI is InChI=1S/C10H6BrClO3/c11-6-2-1-3-7(12)9(6)5-4-8(13)15-10(5)14/h1-3,5H,4H2. The molecule has 1 heterocycles. The van der Waals surface area contributed by atoms with E-state index in [1.165, 1.54) is 0 Å². The lowest BCUT2D eigenvalue weighted by Crippen LogP contribution is -2.06. The second-order valence-corrected chi connectivity index (χ2v) is 4.45. The Hall–Kier alpha value is -0.870. The Kier molecular flexibility index (Phi) is 2.80. The van der Waals surface area contributed by atoms with E-state index in [4.69, 9.17) is 11.6 Å². The van der Waals surface area contributed by atoms with E-state index in [0.29, 0.717) is 15.1 Å². The number of benzene rings is 1. The van der Waals surface area contributed by atoms with E-state index in [2.05, 4.69) is 20.7 Å². The van der Waals surface area contributed by atoms with Crippen LogP contribution < -0.4 is 0 Å². The van der Waals surface area contributed by atoms with Crippen molar-refractivity contribution in [3.8, 4) is 0 Å². The number of hydrogen-bond donors (Lipinski definition) is 0. The van der Waals surface area contributed by atoms with Crippen LogP contribution in [-0.2, 0) is 14.3 Å². The van der Waals surface area contributed by atoms with Crippen LogP contribution in [0.3, 0.4) is 0 Å². The van der Waals surface area contributed by atoms with Gasteiger partial charge >= 0.3 is 11.9 Å². The summed E-state index contributed by atoms with van der Waals surface area (Å²) in [5.41, 5.74) is 0.620. The number of carbonyl (C=O) groups excluding carboxylic acids is 2. The molecule has 0 bridgehead atoms. The van der Waals surface area contributed by atoms with Crippen LogP contribution in [0.25, 0.3) is 0 Å². The Morgan fingerprint density at radius 3 is 2.67 bits per heavy atom. The monoisotopic (exact) mass is 288 g/mol. The van der Waals surface area contributed by atoms with Crippen LogP contribution in [0.15, 0.2) is 22.7 Å². The topological polar surface area (TPSA) is 43.4 Å². The zero-order valence-electron chi connectivity index (χ0n) is 7.50. The fourth-order valence-corrected chi connectivity index (χ4v) is 2.60. The zero-order valence-corrected chi connectivity index (χ0v) is 9.84. The quantitative estimate of drug-likeness (QED) is 0.590. The molecule has 0 saturated carbocycles. The van der Waals surface area contributed by atoms with Crippen LogP contribution in [0.2, 0.25) is 5.02 Å². The highest BCUT2D eigenvalue weighted by molar-refractivity contribution is 9.10. The Morgan fingerprint density at radius 2 is 2.13 bits per heavy atom. The van der Waals surface area contributed by atoms with Gasteiger partial charge in [0.05, 0.1) is 12.3 Å². The maximum Gasteiger partial charge on any atom is 0.321 e. The van der Waals surface area contributed by atoms with Gasteiger partial charge in [0.25, 0.3) is 0 Å². The molecule has 78 valence electrons. The number of cyclic esters (lactones) is 2. The molecule has 1 aliphatic heterocycles. The highest BCUT2D eigenvalue weighted by Gasteiger charge is 2.36. The average molecular weight is 290 g/mol. The van der Waals surface area contributed by atoms with Crippen LogP contribution in [0.4, 0.5) is 0 Å². The first-order chi connectivity index (χ1) is 7.09. The number of esters is 2. The van der Waals surface area contributed by atoms with Gasteiger partial charge in [-0.1, -0.05) is 33.6 Å². The average Bonchev–Trinajstić information content (AvgIpc) is 2.45. The lowest BCUT2D eigenvalue weighted by molar-refractivity contribution is -0.152. The van der Waals surface area contributed by atoms with Crippen LogP contribution in [0.5, 0.6) is 0 Å². The van der Waals surface area contributed by atoms with Crippen LogP contribution >= 0.6 is 27.5 Å². The summed E-state index contributed by atoms with van der Waals surface area (Å²) in [7, 11) is 0. The van der Waals surface area contributed by atoms with E-state index in [1.807, 2.05) is 0 Å². The Bertz CT molecular complexity index is 424. The predicted octanol–water partition coefficient (Wildman–Crippen LogP) is 2.66. The fraction of sp³-hybridized carbons (Fsp3) is 0.200. The molecular weight excluding hydrogens is 283 g/mol. The molecule has 3 nitrogen and oxygen atoms in total. The minimum atomic E-state index is -0.583. The molecule has 15 heavy (non-hydrogen) atoms. The molecule has 5 heteroatoms. The van der Waals surface area contributed by atoms with E-state index in [-0.39, 0.29) is 6.42 Å². The largest absolute Gasteiger partial charge is 0.393 e. The lowest BCUT2D eigenvalue weighted by Gasteiger charge is -2.09. The minimum Gasteiger partial charge on any atom is -0.393 e. The maximum absolute atomic E-state index is 11.4. The summed E-state index contributed by atoms with van der Waals surface area (Å²) in [6, 6.07) is 5.22. The molecule has 1 fully saturated rings. The molecule has 2 rings (SSSR count). The van der Waals surface area contributed by atoms with Crippen molar-refractivity contribution in [1.29, 1.82) is 0 Å². The molecular formula is C10H6BrClO3. The predicted molar refractivity (Wildman–Crippen MR) is 57.6 cm³/mol. The first kappa shape index (κ1) is 10.6. The molecule has 0 aliphatic carbocycles. The summed E-state index contributed by atoms with van der Waals surface area (Å²) in [6.45, 7) is 0. The van der Waals surface area contributed by atoms with Crippen molar-refractivity contribution in [2.75, 3.05) is 0 Å². The normalized spacial score (nSPS) is 20.5. The lowest BCUT2D eigenvalue weighted by atomic mass is 9.98. The van der Waals surface area contributed by atoms with Crippen molar-refractivity contribution < 1.29 is 14.3 Å². The molecule has 1 aromatic rings. The van der Waals surface area contributed by atoms with Gasteiger partial charge < -0.3 is 4.74 Å². The number of ether oxygens (including phenoxy) is 1. The molecule has 1 saturated heterocycles. The Morgan fingerprint density at radius 1 is 1.40 bits per heavy atom. The highest BCUT2D eigenvalue weighted by Crippen LogP contribution is 2.37. The van der Waals surface area contributed by atoms with Crippen molar-refractivity contribution in [2.45, 2.75) is 12.3 Å². The molecule has 0 aromatic heterocycles. The highest BCUT2D eigenvalue weighted by atomic mass is 79.9. The maximum atomic E-state index is 11.4. The van der Waals surface area contributed by atoms with Crippen molar-refractivity contribution >= 4 is 39.5 Å². The molecule has 1 atom stereocenters. The second-order valence-electron chi connectivity index (χ2n) is 3.19. The molecule has 1 unspecified atom stereocenters. The smallest absolute Gasteiger partial charge is 0.321 e. The van der Waals surface area contributed by atoms with Gasteiger partial charge in [0, 0.05) is 9.50 Å². The number of hydrogen-bond acceptors (Lipinski definition) is 3. The van der Waals surface area contributed by atoms with Crippen molar-refractivity contribution in [3.05, 3.63) is 33.3 Å². The number of halogens is 2. The molecule has 1 aliphatic rings. The summed E-state index contributed by atoms with van der Waals surface area (Å²) in [5.74, 6) is -1.62. The van der Waals surface area contributed by atoms with Crippen molar-refractivity contribution in [3.63, 3.8) is 0 Å². The minimum absolute atomic E-state index is 0.0567. The number of carbonyl (C=O) groups is 2. The van der Waals surface area contributed by atoms with Gasteiger partial charge in [0.2, 0.25) is 0 Å². The number of rotatable bonds is 1. The summed E-state index contributed by atoms with van der Waals surface area (Å²) in [6.07, 6.45) is 0.0567. The third-order valence-corrected chi connectivity index (χ3v) is 3.24. The SMILES string of the molecule is O=C1CC(c2c(Cl)cccc2Br)C(=O)O1. The van der Waals surface area contributed by atoms with E-state index in [9.17, 15) is 9.59 Å². The van der Waals surface area contributed by atoms with Gasteiger partial charge in [-0.15, -0.1) is 0 Å². The third kappa shape index (κ3) is 1.92. The second kappa shape index (κ2) is 3.94. The summed E-state index contributed by atoms with van der Waals surface area (Å²) in [5, 5.41) is 0.459. The van der Waals surface area contributed by atoms with E-state index >= 15 is 0 Å². The molecule has 0 N–H and O–H groups in total. The summed E-state index contributed by atoms with van der Waals surface area (Å²) in [4.78, 5) is 22.3. The van der Waals surface area contributed by atoms with Crippen molar-refractivity contribution in [1.82, 2.24) is 0 Å². The van der Waals surface area contributed by atoms with Gasteiger partial charge in [-0.2, -0.15) is 0 Å². The molecule has 0 amide bonds. The van der Waals surface area contributed by atoms with E-state index < -0.39 is 17.9 Å². The van der Waals surface area contributed by atoms with Gasteiger partial charge in [0.1, 0.15) is 0 Å². The van der Waals surface area contributed by atoms with Gasteiger partial charge in [-0.25, -0.2) is 0 Å². The van der Waals surface area contributed by atoms with Gasteiger partial charge in [0.15, 0.2) is 0 Å². The van der Waals surface area contributed by atoms with Crippen LogP contribution in [0.1, 0.15) is 17.9 Å². The van der Waals surface area contributed by atoms with Gasteiger partial charge in [-0.05, 0) is 17.7 Å². The summed E-state index contributed by atoms with van der Waals surface area (Å²) < 4.78 is 5.20. The third-order valence-electron chi connectivity index (χ3n) is 2.22. The molecule has 0 spiro atoms. The summed E-state index contributed by atoms with van der Waals surface area (Å²) >= 11 is 9.27. The Balaban J connectivity index is 2.46. The van der Waals surface area contributed by atoms with Gasteiger partial charge in [-0.3, -0.25) is 9.59 Å². The Labute approximate surface area is 99.5 Å². The van der Waals surface area contributed by atoms with Crippen LogP contribution in [-0.4, -0.2) is 11.9 Å². The van der Waals surface area contributed by atoms with Crippen LogP contribution in [0, 0.1) is 0 Å². The molecule has 1 aromatic carbocycles. The molecule has 0 radical (unpaired) electrons. The fourth-order valence-electron chi connectivity index (χ4n) is 1.54. The van der Waals surface area contributed by atoms with E-state index in [1.54, 1.807) is 18.2 Å². The van der Waals surface area contributed by atoms with E-state index in [0.717, 1.165) is 0 Å². The van der Waals surface area contributed by atoms with Crippen molar-refractivity contribution in [2.24, 2.45) is 0 Å². The zero-order chi connectivity index (χ0) is 11.0.